The molecule has 0 radical (unpaired) electrons. The van der Waals surface area contributed by atoms with Gasteiger partial charge in [-0.2, -0.15) is 5.26 Å². The molecule has 1 aromatic heterocycles. The Hall–Kier alpha value is -2.33. The summed E-state index contributed by atoms with van der Waals surface area (Å²) in [5, 5.41) is 11.7. The van der Waals surface area contributed by atoms with Gasteiger partial charge in [0.05, 0.1) is 13.1 Å². The minimum atomic E-state index is -0.294. The molecule has 2 rings (SSSR count). The predicted octanol–water partition coefficient (Wildman–Crippen LogP) is 0.481. The van der Waals surface area contributed by atoms with Crippen LogP contribution < -0.4 is 5.32 Å². The zero-order chi connectivity index (χ0) is 15.6. The molecule has 0 spiro atoms. The van der Waals surface area contributed by atoms with Crippen molar-refractivity contribution in [2.45, 2.75) is 13.8 Å². The van der Waals surface area contributed by atoms with Crippen LogP contribution in [0.5, 0.6) is 0 Å². The fraction of sp³-hybridized carbons (Fsp3) is 0.500. The largest absolute Gasteiger partial charge is 0.444 e. The van der Waals surface area contributed by atoms with Gasteiger partial charge < -0.3 is 9.32 Å². The monoisotopic (exact) mass is 290 g/mol. The molecule has 2 heterocycles. The van der Waals surface area contributed by atoms with Gasteiger partial charge in [-0.3, -0.25) is 19.8 Å². The number of nitrogens with zero attached hydrogens (tertiary/aromatic N) is 3. The van der Waals surface area contributed by atoms with E-state index >= 15 is 0 Å². The summed E-state index contributed by atoms with van der Waals surface area (Å²) in [7, 11) is 1.74. The van der Waals surface area contributed by atoms with Crippen LogP contribution in [0.15, 0.2) is 4.42 Å². The standard InChI is InChI=1S/C14H18N4O3/c1-9-10(2)21-14(11(9)6-15)16-12(19)7-18-5-4-17(3)13(20)8-18/h4-5,7-8H2,1-3H3,(H,16,19). The third-order valence-corrected chi connectivity index (χ3v) is 3.65. The van der Waals surface area contributed by atoms with E-state index in [0.717, 1.165) is 5.56 Å². The highest BCUT2D eigenvalue weighted by Gasteiger charge is 2.23. The summed E-state index contributed by atoms with van der Waals surface area (Å²) in [6.07, 6.45) is 0. The number of carbonyl (C=O) groups excluding carboxylic acids is 2. The van der Waals surface area contributed by atoms with Crippen molar-refractivity contribution < 1.29 is 14.0 Å². The number of carbonyl (C=O) groups is 2. The van der Waals surface area contributed by atoms with Crippen molar-refractivity contribution in [1.82, 2.24) is 9.80 Å². The first-order chi connectivity index (χ1) is 9.92. The maximum absolute atomic E-state index is 12.0. The summed E-state index contributed by atoms with van der Waals surface area (Å²) in [5.41, 5.74) is 1.07. The van der Waals surface area contributed by atoms with Gasteiger partial charge in [-0.05, 0) is 13.8 Å². The molecule has 7 nitrogen and oxygen atoms in total. The first-order valence-electron chi connectivity index (χ1n) is 6.68. The Morgan fingerprint density at radius 1 is 1.43 bits per heavy atom. The summed E-state index contributed by atoms with van der Waals surface area (Å²) in [4.78, 5) is 27.0. The highest BCUT2D eigenvalue weighted by molar-refractivity contribution is 5.93. The van der Waals surface area contributed by atoms with Crippen molar-refractivity contribution in [1.29, 1.82) is 5.26 Å². The molecule has 0 bridgehead atoms. The Balaban J connectivity index is 1.98. The minimum Gasteiger partial charge on any atom is -0.444 e. The molecule has 0 atom stereocenters. The van der Waals surface area contributed by atoms with Crippen LogP contribution in [0.2, 0.25) is 0 Å². The number of piperazine rings is 1. The molecule has 0 aliphatic carbocycles. The van der Waals surface area contributed by atoms with Gasteiger partial charge >= 0.3 is 0 Å². The van der Waals surface area contributed by atoms with Gasteiger partial charge in [0.15, 0.2) is 0 Å². The average Bonchev–Trinajstić information content (AvgIpc) is 2.68. The van der Waals surface area contributed by atoms with Gasteiger partial charge in [0.1, 0.15) is 17.4 Å². The van der Waals surface area contributed by atoms with Crippen LogP contribution in [0.4, 0.5) is 5.88 Å². The molecule has 0 unspecified atom stereocenters. The molecule has 7 heteroatoms. The Morgan fingerprint density at radius 3 is 2.76 bits per heavy atom. The highest BCUT2D eigenvalue weighted by atomic mass is 16.4. The summed E-state index contributed by atoms with van der Waals surface area (Å²) >= 11 is 0. The normalized spacial score (nSPS) is 15.9. The third-order valence-electron chi connectivity index (χ3n) is 3.65. The number of likely N-dealkylation sites (N-methyl/N-ethyl adjacent to an activating group) is 1. The Kier molecular flexibility index (Phi) is 4.29. The molecule has 1 fully saturated rings. The van der Waals surface area contributed by atoms with Gasteiger partial charge in [0.2, 0.25) is 17.7 Å². The molecule has 1 saturated heterocycles. The lowest BCUT2D eigenvalue weighted by Crippen LogP contribution is -2.50. The lowest BCUT2D eigenvalue weighted by Gasteiger charge is -2.31. The van der Waals surface area contributed by atoms with Crippen LogP contribution >= 0.6 is 0 Å². The molecule has 21 heavy (non-hydrogen) atoms. The molecule has 0 saturated carbocycles. The number of rotatable bonds is 3. The molecule has 1 aromatic rings. The Bertz CT molecular complexity index is 614. The predicted molar refractivity (Wildman–Crippen MR) is 75.6 cm³/mol. The fourth-order valence-electron chi connectivity index (χ4n) is 2.16. The Labute approximate surface area is 123 Å². The second kappa shape index (κ2) is 5.97. The number of hydrogen-bond acceptors (Lipinski definition) is 5. The van der Waals surface area contributed by atoms with Crippen LogP contribution in [0.1, 0.15) is 16.9 Å². The summed E-state index contributed by atoms with van der Waals surface area (Å²) in [6, 6.07) is 2.02. The van der Waals surface area contributed by atoms with Crippen molar-refractivity contribution >= 4 is 17.7 Å². The van der Waals surface area contributed by atoms with Crippen molar-refractivity contribution in [2.24, 2.45) is 0 Å². The summed E-state index contributed by atoms with van der Waals surface area (Å²) in [6.45, 7) is 5.09. The van der Waals surface area contributed by atoms with E-state index in [4.69, 9.17) is 9.68 Å². The molecular formula is C14H18N4O3. The first-order valence-corrected chi connectivity index (χ1v) is 6.68. The SMILES string of the molecule is Cc1oc(NC(=O)CN2CCN(C)C(=O)C2)c(C#N)c1C. The number of hydrogen-bond donors (Lipinski definition) is 1. The molecule has 1 N–H and O–H groups in total. The number of anilines is 1. The lowest BCUT2D eigenvalue weighted by atomic mass is 10.2. The van der Waals surface area contributed by atoms with Crippen LogP contribution in [0, 0.1) is 25.2 Å². The van der Waals surface area contributed by atoms with Crippen LogP contribution in [-0.2, 0) is 9.59 Å². The van der Waals surface area contributed by atoms with Crippen LogP contribution in [-0.4, -0.2) is 54.8 Å². The zero-order valence-corrected chi connectivity index (χ0v) is 12.4. The molecular weight excluding hydrogens is 272 g/mol. The van der Waals surface area contributed by atoms with Crippen molar-refractivity contribution in [3.63, 3.8) is 0 Å². The van der Waals surface area contributed by atoms with Crippen molar-refractivity contribution in [3.05, 3.63) is 16.9 Å². The number of aryl methyl sites for hydroxylation is 1. The maximum atomic E-state index is 12.0. The minimum absolute atomic E-state index is 0.00329. The van der Waals surface area contributed by atoms with E-state index in [0.29, 0.717) is 24.4 Å². The molecule has 2 amide bonds. The van der Waals surface area contributed by atoms with Gasteiger partial charge in [-0.1, -0.05) is 0 Å². The van der Waals surface area contributed by atoms with Gasteiger partial charge in [0, 0.05) is 25.7 Å². The van der Waals surface area contributed by atoms with E-state index in [2.05, 4.69) is 5.32 Å². The number of nitrogens with one attached hydrogen (secondary N) is 1. The quantitative estimate of drug-likeness (QED) is 0.874. The number of amides is 2. The molecule has 112 valence electrons. The lowest BCUT2D eigenvalue weighted by molar-refractivity contribution is -0.135. The Morgan fingerprint density at radius 2 is 2.14 bits per heavy atom. The van der Waals surface area contributed by atoms with Crippen molar-refractivity contribution in [3.8, 4) is 6.07 Å². The average molecular weight is 290 g/mol. The van der Waals surface area contributed by atoms with Crippen LogP contribution in [0.3, 0.4) is 0 Å². The first kappa shape index (κ1) is 15.1. The van der Waals surface area contributed by atoms with Crippen LogP contribution in [0.25, 0.3) is 0 Å². The van der Waals surface area contributed by atoms with E-state index in [1.807, 2.05) is 6.07 Å². The van der Waals surface area contributed by atoms with E-state index in [9.17, 15) is 9.59 Å². The smallest absolute Gasteiger partial charge is 0.240 e. The third kappa shape index (κ3) is 3.23. The highest BCUT2D eigenvalue weighted by Crippen LogP contribution is 2.25. The maximum Gasteiger partial charge on any atom is 0.240 e. The zero-order valence-electron chi connectivity index (χ0n) is 12.4. The van der Waals surface area contributed by atoms with Crippen molar-refractivity contribution in [2.75, 3.05) is 38.5 Å². The van der Waals surface area contributed by atoms with E-state index < -0.39 is 0 Å². The van der Waals surface area contributed by atoms with Gasteiger partial charge in [-0.25, -0.2) is 0 Å². The fourth-order valence-corrected chi connectivity index (χ4v) is 2.16. The topological polar surface area (TPSA) is 89.6 Å². The van der Waals surface area contributed by atoms with Gasteiger partial charge in [0.25, 0.3) is 0 Å². The van der Waals surface area contributed by atoms with Gasteiger partial charge in [-0.15, -0.1) is 0 Å². The molecule has 0 aromatic carbocycles. The molecule has 1 aliphatic rings. The molecule has 1 aliphatic heterocycles. The van der Waals surface area contributed by atoms with E-state index in [1.165, 1.54) is 0 Å². The summed E-state index contributed by atoms with van der Waals surface area (Å²) in [5.74, 6) is 0.489. The van der Waals surface area contributed by atoms with E-state index in [-0.39, 0.29) is 30.8 Å². The second-order valence-corrected chi connectivity index (χ2v) is 5.17. The van der Waals surface area contributed by atoms with E-state index in [1.54, 1.807) is 30.7 Å². The number of furan rings is 1. The number of nitriles is 1. The second-order valence-electron chi connectivity index (χ2n) is 5.17. The summed E-state index contributed by atoms with van der Waals surface area (Å²) < 4.78 is 5.39.